The number of nitrogens with zero attached hydrogens (tertiary/aromatic N) is 2. The summed E-state index contributed by atoms with van der Waals surface area (Å²) in [5.41, 5.74) is 0.950. The van der Waals surface area contributed by atoms with Crippen LogP contribution in [-0.2, 0) is 11.3 Å². The molecule has 0 aromatic carbocycles. The van der Waals surface area contributed by atoms with Crippen LogP contribution in [0.3, 0.4) is 0 Å². The first kappa shape index (κ1) is 12.9. The molecule has 5 heteroatoms. The molecule has 5 nitrogen and oxygen atoms in total. The third-order valence-corrected chi connectivity index (χ3v) is 2.01. The summed E-state index contributed by atoms with van der Waals surface area (Å²) in [6.45, 7) is 6.37. The lowest BCUT2D eigenvalue weighted by atomic mass is 10.3. The van der Waals surface area contributed by atoms with Gasteiger partial charge in [0.2, 0.25) is 0 Å². The minimum atomic E-state index is 0.460. The molecule has 2 N–H and O–H groups in total. The van der Waals surface area contributed by atoms with E-state index in [0.29, 0.717) is 12.6 Å². The van der Waals surface area contributed by atoms with Gasteiger partial charge in [0.1, 0.15) is 5.82 Å². The van der Waals surface area contributed by atoms with Crippen molar-refractivity contribution in [2.75, 3.05) is 25.6 Å². The van der Waals surface area contributed by atoms with Crippen LogP contribution < -0.4 is 10.6 Å². The normalized spacial score (nSPS) is 10.8. The van der Waals surface area contributed by atoms with Crippen molar-refractivity contribution < 1.29 is 4.74 Å². The molecule has 0 fully saturated rings. The number of ether oxygens (including phenoxy) is 1. The first-order chi connectivity index (χ1) is 7.72. The Balaban J connectivity index is 2.35. The molecule has 1 heterocycles. The van der Waals surface area contributed by atoms with E-state index in [1.807, 2.05) is 0 Å². The fraction of sp³-hybridized carbons (Fsp3) is 0.636. The molecule has 1 rings (SSSR count). The van der Waals surface area contributed by atoms with Gasteiger partial charge in [-0.25, -0.2) is 4.98 Å². The first-order valence-electron chi connectivity index (χ1n) is 5.49. The van der Waals surface area contributed by atoms with E-state index in [1.165, 1.54) is 0 Å². The second kappa shape index (κ2) is 7.14. The molecule has 0 unspecified atom stereocenters. The van der Waals surface area contributed by atoms with Gasteiger partial charge in [-0.15, -0.1) is 0 Å². The van der Waals surface area contributed by atoms with E-state index in [-0.39, 0.29) is 0 Å². The van der Waals surface area contributed by atoms with Crippen molar-refractivity contribution in [1.29, 1.82) is 0 Å². The number of rotatable bonds is 7. The number of anilines is 1. The maximum Gasteiger partial charge on any atom is 0.144 e. The Morgan fingerprint density at radius 2 is 2.12 bits per heavy atom. The second-order valence-corrected chi connectivity index (χ2v) is 3.85. The molecular formula is C11H20N4O. The van der Waals surface area contributed by atoms with Crippen molar-refractivity contribution >= 4 is 5.82 Å². The summed E-state index contributed by atoms with van der Waals surface area (Å²) >= 11 is 0. The zero-order valence-corrected chi connectivity index (χ0v) is 10.2. The van der Waals surface area contributed by atoms with Gasteiger partial charge in [-0.2, -0.15) is 0 Å². The molecule has 0 saturated heterocycles. The summed E-state index contributed by atoms with van der Waals surface area (Å²) < 4.78 is 4.93. The van der Waals surface area contributed by atoms with Gasteiger partial charge in [0, 0.05) is 26.2 Å². The van der Waals surface area contributed by atoms with E-state index < -0.39 is 0 Å². The Hall–Kier alpha value is -1.20. The van der Waals surface area contributed by atoms with E-state index >= 15 is 0 Å². The van der Waals surface area contributed by atoms with E-state index in [1.54, 1.807) is 19.5 Å². The zero-order chi connectivity index (χ0) is 11.8. The van der Waals surface area contributed by atoms with Gasteiger partial charge in [-0.3, -0.25) is 4.98 Å². The Bertz CT molecular complexity index is 287. The summed E-state index contributed by atoms with van der Waals surface area (Å²) in [4.78, 5) is 8.56. The highest BCUT2D eigenvalue weighted by Gasteiger charge is 1.98. The molecule has 16 heavy (non-hydrogen) atoms. The van der Waals surface area contributed by atoms with Crippen LogP contribution in [0.2, 0.25) is 0 Å². The molecule has 0 aliphatic rings. The average molecular weight is 224 g/mol. The molecule has 0 amide bonds. The van der Waals surface area contributed by atoms with Crippen molar-refractivity contribution in [2.24, 2.45) is 0 Å². The molecule has 0 aliphatic heterocycles. The molecular weight excluding hydrogens is 204 g/mol. The van der Waals surface area contributed by atoms with Gasteiger partial charge in [-0.1, -0.05) is 13.8 Å². The number of methoxy groups -OCH3 is 1. The molecule has 0 spiro atoms. The van der Waals surface area contributed by atoms with Crippen LogP contribution in [0.15, 0.2) is 12.4 Å². The third kappa shape index (κ3) is 5.04. The summed E-state index contributed by atoms with van der Waals surface area (Å²) in [5, 5.41) is 6.41. The van der Waals surface area contributed by atoms with Crippen LogP contribution in [-0.4, -0.2) is 36.3 Å². The molecule has 1 aromatic heterocycles. The van der Waals surface area contributed by atoms with Gasteiger partial charge >= 0.3 is 0 Å². The van der Waals surface area contributed by atoms with Crippen LogP contribution in [0, 0.1) is 0 Å². The molecule has 0 bridgehead atoms. The number of aromatic nitrogens is 2. The molecule has 0 saturated carbocycles. The van der Waals surface area contributed by atoms with Crippen LogP contribution in [0.25, 0.3) is 0 Å². The zero-order valence-electron chi connectivity index (χ0n) is 10.2. The van der Waals surface area contributed by atoms with Crippen molar-refractivity contribution in [2.45, 2.75) is 26.4 Å². The highest BCUT2D eigenvalue weighted by molar-refractivity contribution is 5.30. The average Bonchev–Trinajstić information content (AvgIpc) is 2.28. The summed E-state index contributed by atoms with van der Waals surface area (Å²) in [6.07, 6.45) is 3.53. The lowest BCUT2D eigenvalue weighted by molar-refractivity contribution is 0.210. The lowest BCUT2D eigenvalue weighted by Gasteiger charge is -2.08. The van der Waals surface area contributed by atoms with Gasteiger partial charge in [0.05, 0.1) is 24.7 Å². The summed E-state index contributed by atoms with van der Waals surface area (Å²) in [7, 11) is 1.67. The van der Waals surface area contributed by atoms with Crippen molar-refractivity contribution in [3.8, 4) is 0 Å². The predicted molar refractivity (Wildman–Crippen MR) is 64.4 cm³/mol. The number of nitrogens with one attached hydrogen (secondary N) is 2. The van der Waals surface area contributed by atoms with E-state index in [2.05, 4.69) is 34.4 Å². The van der Waals surface area contributed by atoms with Gasteiger partial charge < -0.3 is 15.4 Å². The standard InChI is InChI=1S/C11H20N4O/c1-9(2)13-6-10-7-15-11(8-14-10)12-4-5-16-3/h7-9,13H,4-6H2,1-3H3,(H,12,15). The van der Waals surface area contributed by atoms with Gasteiger partial charge in [0.25, 0.3) is 0 Å². The predicted octanol–water partition coefficient (Wildman–Crippen LogP) is 1.03. The molecule has 1 aromatic rings. The van der Waals surface area contributed by atoms with E-state index in [0.717, 1.165) is 24.6 Å². The highest BCUT2D eigenvalue weighted by atomic mass is 16.5. The second-order valence-electron chi connectivity index (χ2n) is 3.85. The quantitative estimate of drug-likeness (QED) is 0.677. The topological polar surface area (TPSA) is 59.1 Å². The monoisotopic (exact) mass is 224 g/mol. The molecule has 0 atom stereocenters. The maximum atomic E-state index is 4.93. The number of hydrogen-bond acceptors (Lipinski definition) is 5. The van der Waals surface area contributed by atoms with Crippen molar-refractivity contribution in [3.63, 3.8) is 0 Å². The molecule has 0 aliphatic carbocycles. The Labute approximate surface area is 96.6 Å². The van der Waals surface area contributed by atoms with Gasteiger partial charge in [-0.05, 0) is 0 Å². The largest absolute Gasteiger partial charge is 0.383 e. The van der Waals surface area contributed by atoms with Crippen LogP contribution >= 0.6 is 0 Å². The van der Waals surface area contributed by atoms with E-state index in [4.69, 9.17) is 4.74 Å². The Morgan fingerprint density at radius 3 is 2.69 bits per heavy atom. The van der Waals surface area contributed by atoms with E-state index in [9.17, 15) is 0 Å². The molecule has 0 radical (unpaired) electrons. The lowest BCUT2D eigenvalue weighted by Crippen LogP contribution is -2.22. The van der Waals surface area contributed by atoms with Crippen LogP contribution in [0.5, 0.6) is 0 Å². The van der Waals surface area contributed by atoms with Crippen LogP contribution in [0.4, 0.5) is 5.82 Å². The van der Waals surface area contributed by atoms with Crippen molar-refractivity contribution in [1.82, 2.24) is 15.3 Å². The fourth-order valence-electron chi connectivity index (χ4n) is 1.13. The highest BCUT2D eigenvalue weighted by Crippen LogP contribution is 2.00. The van der Waals surface area contributed by atoms with Crippen LogP contribution in [0.1, 0.15) is 19.5 Å². The first-order valence-corrected chi connectivity index (χ1v) is 5.49. The Morgan fingerprint density at radius 1 is 1.31 bits per heavy atom. The number of hydrogen-bond donors (Lipinski definition) is 2. The maximum absolute atomic E-state index is 4.93. The summed E-state index contributed by atoms with van der Waals surface area (Å²) in [5.74, 6) is 0.783. The van der Waals surface area contributed by atoms with Crippen molar-refractivity contribution in [3.05, 3.63) is 18.1 Å². The Kier molecular flexibility index (Phi) is 5.74. The minimum absolute atomic E-state index is 0.460. The fourth-order valence-corrected chi connectivity index (χ4v) is 1.13. The smallest absolute Gasteiger partial charge is 0.144 e. The molecule has 90 valence electrons. The summed E-state index contributed by atoms with van der Waals surface area (Å²) in [6, 6.07) is 0.460. The third-order valence-electron chi connectivity index (χ3n) is 2.01. The van der Waals surface area contributed by atoms with Gasteiger partial charge in [0.15, 0.2) is 0 Å². The minimum Gasteiger partial charge on any atom is -0.383 e. The SMILES string of the molecule is COCCNc1cnc(CNC(C)C)cn1.